The van der Waals surface area contributed by atoms with Gasteiger partial charge >= 0.3 is 12.2 Å². The SMILES string of the molecule is C=C/C(=C/COC(N)=O)COC(=O)NC. The molecule has 0 unspecified atom stereocenters. The Morgan fingerprint density at radius 2 is 2.13 bits per heavy atom. The summed E-state index contributed by atoms with van der Waals surface area (Å²) in [5.41, 5.74) is 5.38. The van der Waals surface area contributed by atoms with Crippen molar-refractivity contribution in [1.29, 1.82) is 0 Å². The predicted molar refractivity (Wildman–Crippen MR) is 54.2 cm³/mol. The van der Waals surface area contributed by atoms with Gasteiger partial charge in [0.05, 0.1) is 0 Å². The monoisotopic (exact) mass is 214 g/mol. The number of hydrogen-bond acceptors (Lipinski definition) is 4. The smallest absolute Gasteiger partial charge is 0.407 e. The van der Waals surface area contributed by atoms with Crippen LogP contribution in [0, 0.1) is 0 Å². The molecule has 0 radical (unpaired) electrons. The van der Waals surface area contributed by atoms with Gasteiger partial charge in [-0.05, 0) is 11.6 Å². The molecule has 0 aliphatic carbocycles. The maximum absolute atomic E-state index is 10.7. The number of alkyl carbamates (subject to hydrolysis) is 1. The van der Waals surface area contributed by atoms with E-state index in [4.69, 9.17) is 10.5 Å². The summed E-state index contributed by atoms with van der Waals surface area (Å²) in [5.74, 6) is 0. The van der Waals surface area contributed by atoms with Crippen LogP contribution < -0.4 is 11.1 Å². The van der Waals surface area contributed by atoms with E-state index < -0.39 is 12.2 Å². The Labute approximate surface area is 87.7 Å². The fourth-order valence-corrected chi connectivity index (χ4v) is 0.653. The number of amides is 2. The fourth-order valence-electron chi connectivity index (χ4n) is 0.653. The van der Waals surface area contributed by atoms with Crippen molar-refractivity contribution < 1.29 is 19.1 Å². The number of primary amides is 1. The van der Waals surface area contributed by atoms with E-state index in [0.717, 1.165) is 0 Å². The topological polar surface area (TPSA) is 90.7 Å². The summed E-state index contributed by atoms with van der Waals surface area (Å²) < 4.78 is 9.21. The van der Waals surface area contributed by atoms with Gasteiger partial charge in [0.25, 0.3) is 0 Å². The van der Waals surface area contributed by atoms with E-state index in [1.165, 1.54) is 13.1 Å². The third-order valence-corrected chi connectivity index (χ3v) is 1.41. The van der Waals surface area contributed by atoms with Crippen LogP contribution in [0.3, 0.4) is 0 Å². The molecular weight excluding hydrogens is 200 g/mol. The first-order chi connectivity index (χ1) is 7.10. The van der Waals surface area contributed by atoms with Crippen molar-refractivity contribution in [2.24, 2.45) is 5.73 Å². The highest BCUT2D eigenvalue weighted by Gasteiger charge is 1.99. The van der Waals surface area contributed by atoms with Crippen molar-refractivity contribution in [2.75, 3.05) is 20.3 Å². The van der Waals surface area contributed by atoms with E-state index in [0.29, 0.717) is 5.57 Å². The van der Waals surface area contributed by atoms with Gasteiger partial charge in [0, 0.05) is 7.05 Å². The zero-order valence-electron chi connectivity index (χ0n) is 8.49. The second kappa shape index (κ2) is 7.43. The number of nitrogens with two attached hydrogens (primary N) is 1. The molecule has 0 bridgehead atoms. The van der Waals surface area contributed by atoms with Crippen LogP contribution in [0.5, 0.6) is 0 Å². The Balaban J connectivity index is 3.95. The number of ether oxygens (including phenoxy) is 2. The van der Waals surface area contributed by atoms with Gasteiger partial charge in [-0.2, -0.15) is 0 Å². The molecule has 0 aromatic heterocycles. The molecule has 0 rings (SSSR count). The van der Waals surface area contributed by atoms with Gasteiger partial charge in [-0.25, -0.2) is 9.59 Å². The molecule has 3 N–H and O–H groups in total. The average Bonchev–Trinajstić information content (AvgIpc) is 2.22. The van der Waals surface area contributed by atoms with Crippen molar-refractivity contribution >= 4 is 12.2 Å². The Bertz CT molecular complexity index is 273. The first-order valence-corrected chi connectivity index (χ1v) is 4.18. The molecular formula is C9H14N2O4. The van der Waals surface area contributed by atoms with Gasteiger partial charge in [0.15, 0.2) is 0 Å². The van der Waals surface area contributed by atoms with Gasteiger partial charge in [0.2, 0.25) is 0 Å². The van der Waals surface area contributed by atoms with Crippen molar-refractivity contribution in [1.82, 2.24) is 5.32 Å². The lowest BCUT2D eigenvalue weighted by Crippen LogP contribution is -2.20. The molecule has 0 saturated carbocycles. The van der Waals surface area contributed by atoms with E-state index >= 15 is 0 Å². The van der Waals surface area contributed by atoms with E-state index in [1.54, 1.807) is 6.08 Å². The minimum absolute atomic E-state index is 0.0216. The Hall–Kier alpha value is -1.98. The zero-order chi connectivity index (χ0) is 11.7. The quantitative estimate of drug-likeness (QED) is 0.654. The number of hydrogen-bond donors (Lipinski definition) is 2. The molecule has 0 heterocycles. The molecule has 0 spiro atoms. The maximum atomic E-state index is 10.7. The van der Waals surface area contributed by atoms with Crippen molar-refractivity contribution in [3.05, 3.63) is 24.3 Å². The average molecular weight is 214 g/mol. The van der Waals surface area contributed by atoms with E-state index in [9.17, 15) is 9.59 Å². The maximum Gasteiger partial charge on any atom is 0.407 e. The molecule has 0 saturated heterocycles. The van der Waals surface area contributed by atoms with E-state index in [2.05, 4.69) is 16.6 Å². The Morgan fingerprint density at radius 1 is 1.47 bits per heavy atom. The van der Waals surface area contributed by atoms with Crippen LogP contribution in [0.25, 0.3) is 0 Å². The predicted octanol–water partition coefficient (Wildman–Crippen LogP) is 0.550. The Kier molecular flexibility index (Phi) is 6.45. The van der Waals surface area contributed by atoms with Gasteiger partial charge in [-0.3, -0.25) is 0 Å². The normalized spacial score (nSPS) is 10.3. The van der Waals surface area contributed by atoms with Crippen LogP contribution in [0.1, 0.15) is 0 Å². The largest absolute Gasteiger partial charge is 0.445 e. The van der Waals surface area contributed by atoms with Gasteiger partial charge in [0.1, 0.15) is 13.2 Å². The first-order valence-electron chi connectivity index (χ1n) is 4.18. The molecule has 15 heavy (non-hydrogen) atoms. The summed E-state index contributed by atoms with van der Waals surface area (Å²) in [5, 5.41) is 2.29. The summed E-state index contributed by atoms with van der Waals surface area (Å²) in [6.07, 6.45) is 1.63. The molecule has 0 atom stereocenters. The summed E-state index contributed by atoms with van der Waals surface area (Å²) in [6, 6.07) is 0. The molecule has 0 aliphatic heterocycles. The molecule has 0 fully saturated rings. The molecule has 0 aromatic rings. The number of rotatable bonds is 5. The van der Waals surface area contributed by atoms with Crippen LogP contribution in [0.15, 0.2) is 24.3 Å². The van der Waals surface area contributed by atoms with Gasteiger partial charge in [-0.1, -0.05) is 12.7 Å². The lowest BCUT2D eigenvalue weighted by Gasteiger charge is -2.04. The second-order valence-corrected chi connectivity index (χ2v) is 2.44. The van der Waals surface area contributed by atoms with Crippen LogP contribution in [-0.4, -0.2) is 32.4 Å². The molecule has 0 aliphatic rings. The lowest BCUT2D eigenvalue weighted by atomic mass is 10.3. The van der Waals surface area contributed by atoms with Crippen LogP contribution >= 0.6 is 0 Å². The lowest BCUT2D eigenvalue weighted by molar-refractivity contribution is 0.157. The third-order valence-electron chi connectivity index (χ3n) is 1.41. The highest BCUT2D eigenvalue weighted by Crippen LogP contribution is 1.97. The summed E-state index contributed by atoms with van der Waals surface area (Å²) in [6.45, 7) is 3.59. The highest BCUT2D eigenvalue weighted by molar-refractivity contribution is 5.67. The van der Waals surface area contributed by atoms with Crippen LogP contribution in [0.4, 0.5) is 9.59 Å². The minimum atomic E-state index is -0.859. The molecule has 6 heteroatoms. The van der Waals surface area contributed by atoms with E-state index in [-0.39, 0.29) is 13.2 Å². The number of nitrogens with one attached hydrogen (secondary N) is 1. The molecule has 2 amide bonds. The van der Waals surface area contributed by atoms with E-state index in [1.807, 2.05) is 0 Å². The van der Waals surface area contributed by atoms with Gasteiger partial charge in [-0.15, -0.1) is 0 Å². The summed E-state index contributed by atoms with van der Waals surface area (Å²) >= 11 is 0. The van der Waals surface area contributed by atoms with Crippen molar-refractivity contribution in [3.8, 4) is 0 Å². The Morgan fingerprint density at radius 3 is 2.60 bits per heavy atom. The second-order valence-electron chi connectivity index (χ2n) is 2.44. The molecule has 0 aromatic carbocycles. The number of carbonyl (C=O) groups excluding carboxylic acids is 2. The minimum Gasteiger partial charge on any atom is -0.445 e. The third kappa shape index (κ3) is 7.12. The summed E-state index contributed by atoms with van der Waals surface area (Å²) in [4.78, 5) is 20.9. The number of carbonyl (C=O) groups is 2. The zero-order valence-corrected chi connectivity index (χ0v) is 8.49. The standard InChI is InChI=1S/C9H14N2O4/c1-3-7(4-5-14-8(10)12)6-15-9(13)11-2/h3-4H,1,5-6H2,2H3,(H2,10,12)(H,11,13)/b7-4-. The summed E-state index contributed by atoms with van der Waals surface area (Å²) in [7, 11) is 1.45. The van der Waals surface area contributed by atoms with Crippen LogP contribution in [-0.2, 0) is 9.47 Å². The van der Waals surface area contributed by atoms with Crippen molar-refractivity contribution in [3.63, 3.8) is 0 Å². The van der Waals surface area contributed by atoms with Crippen molar-refractivity contribution in [2.45, 2.75) is 0 Å². The molecule has 6 nitrogen and oxygen atoms in total. The first kappa shape index (κ1) is 13.0. The van der Waals surface area contributed by atoms with Gasteiger partial charge < -0.3 is 20.5 Å². The molecule has 84 valence electrons. The highest BCUT2D eigenvalue weighted by atomic mass is 16.6. The fraction of sp³-hybridized carbons (Fsp3) is 0.333. The van der Waals surface area contributed by atoms with Crippen LogP contribution in [0.2, 0.25) is 0 Å².